The molecular weight excluding hydrogens is 294 g/mol. The van der Waals surface area contributed by atoms with Gasteiger partial charge in [-0.15, -0.1) is 0 Å². The van der Waals surface area contributed by atoms with Gasteiger partial charge < -0.3 is 9.64 Å². The van der Waals surface area contributed by atoms with Crippen molar-refractivity contribution in [2.24, 2.45) is 5.92 Å². The topological polar surface area (TPSA) is 12.5 Å². The largest absolute Gasteiger partial charge is 0.497 e. The molecule has 1 aliphatic heterocycles. The molecule has 1 saturated carbocycles. The molecular formula is C22H35NO. The standard InChI is InChI=1S/C22H35NO/c1-3-4-5-8-15-23-16-14-22(13-7-6-10-20(22)18-23)19-11-9-12-21(17-19)24-2/h9,11-12,17,20H,3-8,10,13-16,18H2,1-2H3/t20-,22-/m1/s1. The van der Waals surface area contributed by atoms with Gasteiger partial charge in [-0.25, -0.2) is 0 Å². The molecule has 1 aliphatic carbocycles. The van der Waals surface area contributed by atoms with Crippen molar-refractivity contribution in [3.8, 4) is 5.75 Å². The van der Waals surface area contributed by atoms with E-state index in [1.165, 1.54) is 83.0 Å². The van der Waals surface area contributed by atoms with Crippen LogP contribution in [0.15, 0.2) is 24.3 Å². The predicted molar refractivity (Wildman–Crippen MR) is 102 cm³/mol. The SMILES string of the molecule is CCCCCCN1CC[C@@]2(c3cccc(OC)c3)CCCC[C@@H]2C1. The normalized spacial score (nSPS) is 27.7. The van der Waals surface area contributed by atoms with Gasteiger partial charge in [0.05, 0.1) is 7.11 Å². The third-order valence-corrected chi connectivity index (χ3v) is 6.53. The molecule has 0 amide bonds. The summed E-state index contributed by atoms with van der Waals surface area (Å²) in [5.74, 6) is 1.85. The van der Waals surface area contributed by atoms with Crippen LogP contribution in [0.5, 0.6) is 5.75 Å². The minimum Gasteiger partial charge on any atom is -0.497 e. The molecule has 2 fully saturated rings. The highest BCUT2D eigenvalue weighted by Crippen LogP contribution is 2.49. The van der Waals surface area contributed by atoms with Crippen LogP contribution in [0.1, 0.15) is 70.3 Å². The Balaban J connectivity index is 1.70. The van der Waals surface area contributed by atoms with E-state index in [-0.39, 0.29) is 0 Å². The molecule has 3 rings (SSSR count). The van der Waals surface area contributed by atoms with Crippen LogP contribution in [-0.2, 0) is 5.41 Å². The predicted octanol–water partition coefficient (Wildman–Crippen LogP) is 5.41. The fraction of sp³-hybridized carbons (Fsp3) is 0.727. The van der Waals surface area contributed by atoms with Gasteiger partial charge in [-0.2, -0.15) is 0 Å². The molecule has 2 atom stereocenters. The molecule has 0 aromatic heterocycles. The van der Waals surface area contributed by atoms with Gasteiger partial charge in [-0.05, 0) is 62.4 Å². The Bertz CT molecular complexity index is 514. The molecule has 1 saturated heterocycles. The molecule has 134 valence electrons. The molecule has 0 N–H and O–H groups in total. The summed E-state index contributed by atoms with van der Waals surface area (Å²) in [5, 5.41) is 0. The van der Waals surface area contributed by atoms with E-state index in [0.717, 1.165) is 11.7 Å². The van der Waals surface area contributed by atoms with E-state index >= 15 is 0 Å². The van der Waals surface area contributed by atoms with Gasteiger partial charge in [-0.3, -0.25) is 0 Å². The lowest BCUT2D eigenvalue weighted by molar-refractivity contribution is 0.0552. The van der Waals surface area contributed by atoms with E-state index < -0.39 is 0 Å². The second kappa shape index (κ2) is 8.38. The van der Waals surface area contributed by atoms with E-state index in [1.54, 1.807) is 7.11 Å². The summed E-state index contributed by atoms with van der Waals surface area (Å²) < 4.78 is 5.51. The molecule has 1 aromatic rings. The van der Waals surface area contributed by atoms with Crippen molar-refractivity contribution in [2.45, 2.75) is 70.1 Å². The summed E-state index contributed by atoms with van der Waals surface area (Å²) in [7, 11) is 1.79. The summed E-state index contributed by atoms with van der Waals surface area (Å²) in [5.41, 5.74) is 1.95. The lowest BCUT2D eigenvalue weighted by Crippen LogP contribution is -2.51. The molecule has 0 bridgehead atoms. The van der Waals surface area contributed by atoms with Crippen LogP contribution >= 0.6 is 0 Å². The first kappa shape index (κ1) is 17.8. The van der Waals surface area contributed by atoms with Crippen molar-refractivity contribution in [2.75, 3.05) is 26.7 Å². The van der Waals surface area contributed by atoms with Crippen LogP contribution in [0.4, 0.5) is 0 Å². The second-order valence-corrected chi connectivity index (χ2v) is 7.94. The van der Waals surface area contributed by atoms with E-state index in [1.807, 2.05) is 0 Å². The maximum atomic E-state index is 5.51. The van der Waals surface area contributed by atoms with E-state index in [2.05, 4.69) is 36.1 Å². The number of hydrogen-bond donors (Lipinski definition) is 0. The van der Waals surface area contributed by atoms with Gasteiger partial charge in [0.25, 0.3) is 0 Å². The maximum Gasteiger partial charge on any atom is 0.119 e. The van der Waals surface area contributed by atoms with Gasteiger partial charge >= 0.3 is 0 Å². The number of benzene rings is 1. The summed E-state index contributed by atoms with van der Waals surface area (Å²) in [4.78, 5) is 2.75. The third-order valence-electron chi connectivity index (χ3n) is 6.53. The number of methoxy groups -OCH3 is 1. The monoisotopic (exact) mass is 329 g/mol. The second-order valence-electron chi connectivity index (χ2n) is 7.94. The van der Waals surface area contributed by atoms with E-state index in [4.69, 9.17) is 4.74 Å². The average molecular weight is 330 g/mol. The van der Waals surface area contributed by atoms with Crippen molar-refractivity contribution < 1.29 is 4.74 Å². The minimum absolute atomic E-state index is 0.409. The van der Waals surface area contributed by atoms with Crippen LogP contribution in [-0.4, -0.2) is 31.6 Å². The van der Waals surface area contributed by atoms with Crippen molar-refractivity contribution in [1.82, 2.24) is 4.90 Å². The van der Waals surface area contributed by atoms with Gasteiger partial charge in [0.1, 0.15) is 5.75 Å². The molecule has 2 nitrogen and oxygen atoms in total. The summed E-state index contributed by atoms with van der Waals surface area (Å²) in [6.07, 6.45) is 12.4. The fourth-order valence-corrected chi connectivity index (χ4v) is 5.09. The van der Waals surface area contributed by atoms with Crippen LogP contribution < -0.4 is 4.74 Å². The zero-order chi connectivity index (χ0) is 16.8. The zero-order valence-corrected chi connectivity index (χ0v) is 15.7. The molecule has 0 radical (unpaired) electrons. The number of fused-ring (bicyclic) bond motifs is 1. The number of nitrogens with zero attached hydrogens (tertiary/aromatic N) is 1. The number of unbranched alkanes of at least 4 members (excludes halogenated alkanes) is 3. The fourth-order valence-electron chi connectivity index (χ4n) is 5.09. The van der Waals surface area contributed by atoms with Crippen molar-refractivity contribution in [3.05, 3.63) is 29.8 Å². The maximum absolute atomic E-state index is 5.51. The highest BCUT2D eigenvalue weighted by Gasteiger charge is 2.45. The molecule has 1 aromatic carbocycles. The number of likely N-dealkylation sites (tertiary alicyclic amines) is 1. The van der Waals surface area contributed by atoms with Crippen LogP contribution in [0, 0.1) is 5.92 Å². The highest BCUT2D eigenvalue weighted by molar-refractivity contribution is 5.35. The average Bonchev–Trinajstić information content (AvgIpc) is 2.65. The molecule has 2 aliphatic rings. The number of rotatable bonds is 7. The smallest absolute Gasteiger partial charge is 0.119 e. The van der Waals surface area contributed by atoms with Gasteiger partial charge in [0.2, 0.25) is 0 Å². The molecule has 2 heteroatoms. The van der Waals surface area contributed by atoms with Crippen molar-refractivity contribution >= 4 is 0 Å². The highest BCUT2D eigenvalue weighted by atomic mass is 16.5. The Hall–Kier alpha value is -1.02. The molecule has 1 heterocycles. The Morgan fingerprint density at radius 3 is 2.92 bits per heavy atom. The lowest BCUT2D eigenvalue weighted by Gasteiger charge is -2.51. The number of hydrogen-bond acceptors (Lipinski definition) is 2. The quantitative estimate of drug-likeness (QED) is 0.620. The van der Waals surface area contributed by atoms with Crippen LogP contribution in [0.2, 0.25) is 0 Å². The Morgan fingerprint density at radius 1 is 1.17 bits per heavy atom. The van der Waals surface area contributed by atoms with Crippen LogP contribution in [0.3, 0.4) is 0 Å². The van der Waals surface area contributed by atoms with Crippen molar-refractivity contribution in [3.63, 3.8) is 0 Å². The number of ether oxygens (including phenoxy) is 1. The number of piperidine rings is 1. The molecule has 0 unspecified atom stereocenters. The molecule has 24 heavy (non-hydrogen) atoms. The first-order chi connectivity index (χ1) is 11.8. The van der Waals surface area contributed by atoms with Crippen LogP contribution in [0.25, 0.3) is 0 Å². The Kier molecular flexibility index (Phi) is 6.21. The Morgan fingerprint density at radius 2 is 2.08 bits per heavy atom. The molecule has 0 spiro atoms. The van der Waals surface area contributed by atoms with Gasteiger partial charge in [0.15, 0.2) is 0 Å². The van der Waals surface area contributed by atoms with E-state index in [0.29, 0.717) is 5.41 Å². The summed E-state index contributed by atoms with van der Waals surface area (Å²) in [6.45, 7) is 6.19. The van der Waals surface area contributed by atoms with Crippen molar-refractivity contribution in [1.29, 1.82) is 0 Å². The lowest BCUT2D eigenvalue weighted by atomic mass is 9.59. The minimum atomic E-state index is 0.409. The summed E-state index contributed by atoms with van der Waals surface area (Å²) in [6, 6.07) is 8.94. The first-order valence-corrected chi connectivity index (χ1v) is 10.2. The van der Waals surface area contributed by atoms with Gasteiger partial charge in [-0.1, -0.05) is 51.2 Å². The Labute approximate surface area is 148 Å². The van der Waals surface area contributed by atoms with E-state index in [9.17, 15) is 0 Å². The third kappa shape index (κ3) is 3.79. The van der Waals surface area contributed by atoms with Gasteiger partial charge in [0, 0.05) is 12.0 Å². The summed E-state index contributed by atoms with van der Waals surface area (Å²) >= 11 is 0. The first-order valence-electron chi connectivity index (χ1n) is 10.2. The zero-order valence-electron chi connectivity index (χ0n) is 15.7.